The van der Waals surface area contributed by atoms with Crippen LogP contribution in [0.4, 0.5) is 0 Å². The molecule has 1 fully saturated rings. The summed E-state index contributed by atoms with van der Waals surface area (Å²) in [5.41, 5.74) is 0. The van der Waals surface area contributed by atoms with E-state index in [1.165, 1.54) is 4.31 Å². The third-order valence-corrected chi connectivity index (χ3v) is 4.29. The van der Waals surface area contributed by atoms with Gasteiger partial charge in [-0.25, -0.2) is 4.72 Å². The van der Waals surface area contributed by atoms with Crippen LogP contribution in [0.1, 0.15) is 27.2 Å². The summed E-state index contributed by atoms with van der Waals surface area (Å²) in [7, 11) is -3.37. The highest BCUT2D eigenvalue weighted by atomic mass is 35.5. The number of ether oxygens (including phenoxy) is 1. The summed E-state index contributed by atoms with van der Waals surface area (Å²) < 4.78 is 33.7. The normalized spacial score (nSPS) is 25.0. The Morgan fingerprint density at radius 1 is 1.16 bits per heavy atom. The molecule has 2 atom stereocenters. The molecule has 19 heavy (non-hydrogen) atoms. The Bertz CT molecular complexity index is 330. The van der Waals surface area contributed by atoms with Gasteiger partial charge in [0, 0.05) is 26.2 Å². The van der Waals surface area contributed by atoms with Crippen molar-refractivity contribution in [2.75, 3.05) is 32.7 Å². The summed E-state index contributed by atoms with van der Waals surface area (Å²) in [5, 5.41) is 3.16. The van der Waals surface area contributed by atoms with E-state index in [9.17, 15) is 8.42 Å². The van der Waals surface area contributed by atoms with Crippen LogP contribution in [0.5, 0.6) is 0 Å². The van der Waals surface area contributed by atoms with Crippen LogP contribution in [0.2, 0.25) is 0 Å². The summed E-state index contributed by atoms with van der Waals surface area (Å²) in [5.74, 6) is 0. The Kier molecular flexibility index (Phi) is 9.13. The van der Waals surface area contributed by atoms with Crippen molar-refractivity contribution in [3.05, 3.63) is 0 Å². The van der Waals surface area contributed by atoms with Gasteiger partial charge in [0.15, 0.2) is 0 Å². The molecule has 116 valence electrons. The van der Waals surface area contributed by atoms with E-state index in [1.54, 1.807) is 0 Å². The molecule has 2 unspecified atom stereocenters. The molecule has 0 saturated carbocycles. The number of hydrogen-bond donors (Lipinski definition) is 2. The van der Waals surface area contributed by atoms with Crippen LogP contribution in [0.3, 0.4) is 0 Å². The summed E-state index contributed by atoms with van der Waals surface area (Å²) in [4.78, 5) is 0. The van der Waals surface area contributed by atoms with Crippen molar-refractivity contribution >= 4 is 22.6 Å². The first kappa shape index (κ1) is 19.1. The molecule has 0 aromatic heterocycles. The lowest BCUT2D eigenvalue weighted by atomic mass is 10.3. The van der Waals surface area contributed by atoms with E-state index in [2.05, 4.69) is 17.0 Å². The molecule has 0 amide bonds. The molecule has 1 aliphatic rings. The molecule has 0 spiro atoms. The Morgan fingerprint density at radius 3 is 2.26 bits per heavy atom. The van der Waals surface area contributed by atoms with E-state index in [1.807, 2.05) is 13.8 Å². The zero-order chi connectivity index (χ0) is 13.6. The van der Waals surface area contributed by atoms with Crippen LogP contribution in [-0.4, -0.2) is 57.7 Å². The van der Waals surface area contributed by atoms with Crippen LogP contribution >= 0.6 is 12.4 Å². The maximum absolute atomic E-state index is 12.0. The molecular weight excluding hydrogens is 290 g/mol. The van der Waals surface area contributed by atoms with Crippen molar-refractivity contribution in [1.82, 2.24) is 14.3 Å². The fourth-order valence-corrected chi connectivity index (χ4v) is 3.34. The van der Waals surface area contributed by atoms with Crippen LogP contribution in [0, 0.1) is 0 Å². The van der Waals surface area contributed by atoms with Gasteiger partial charge in [-0.2, -0.15) is 12.7 Å². The van der Waals surface area contributed by atoms with Gasteiger partial charge in [0.05, 0.1) is 12.2 Å². The zero-order valence-electron chi connectivity index (χ0n) is 11.9. The maximum Gasteiger partial charge on any atom is 0.279 e. The minimum Gasteiger partial charge on any atom is -0.373 e. The van der Waals surface area contributed by atoms with Crippen LogP contribution in [0.15, 0.2) is 0 Å². The molecule has 2 N–H and O–H groups in total. The van der Waals surface area contributed by atoms with Gasteiger partial charge in [-0.3, -0.25) is 0 Å². The first-order chi connectivity index (χ1) is 8.45. The zero-order valence-corrected chi connectivity index (χ0v) is 13.5. The van der Waals surface area contributed by atoms with Gasteiger partial charge in [0.25, 0.3) is 10.2 Å². The highest BCUT2D eigenvalue weighted by Gasteiger charge is 2.30. The minimum atomic E-state index is -3.37. The van der Waals surface area contributed by atoms with E-state index in [0.717, 1.165) is 13.0 Å². The second-order valence-corrected chi connectivity index (χ2v) is 6.48. The van der Waals surface area contributed by atoms with Crippen molar-refractivity contribution < 1.29 is 13.2 Å². The SMILES string of the molecule is CCCNCCNS(=O)(=O)N1CC(C)OC(C)C1.Cl. The van der Waals surface area contributed by atoms with Crippen molar-refractivity contribution in [2.45, 2.75) is 39.4 Å². The van der Waals surface area contributed by atoms with Gasteiger partial charge in [0.1, 0.15) is 0 Å². The number of nitrogens with zero attached hydrogens (tertiary/aromatic N) is 1. The predicted molar refractivity (Wildman–Crippen MR) is 78.9 cm³/mol. The Morgan fingerprint density at radius 2 is 1.74 bits per heavy atom. The lowest BCUT2D eigenvalue weighted by Crippen LogP contribution is -2.52. The van der Waals surface area contributed by atoms with Gasteiger partial charge in [0.2, 0.25) is 0 Å². The Labute approximate surface area is 122 Å². The summed E-state index contributed by atoms with van der Waals surface area (Å²) >= 11 is 0. The van der Waals surface area contributed by atoms with Crippen molar-refractivity contribution in [1.29, 1.82) is 0 Å². The molecule has 0 aliphatic carbocycles. The second-order valence-electron chi connectivity index (χ2n) is 4.72. The lowest BCUT2D eigenvalue weighted by molar-refractivity contribution is -0.0443. The number of rotatable bonds is 7. The molecule has 1 rings (SSSR count). The molecule has 0 radical (unpaired) electrons. The topological polar surface area (TPSA) is 70.7 Å². The molecule has 1 saturated heterocycles. The number of halogens is 1. The average Bonchev–Trinajstić information content (AvgIpc) is 2.27. The van der Waals surface area contributed by atoms with Gasteiger partial charge in [-0.15, -0.1) is 12.4 Å². The minimum absolute atomic E-state index is 0. The van der Waals surface area contributed by atoms with Crippen molar-refractivity contribution in [3.8, 4) is 0 Å². The Hall–Kier alpha value is 0.0800. The van der Waals surface area contributed by atoms with Crippen LogP contribution in [0.25, 0.3) is 0 Å². The fourth-order valence-electron chi connectivity index (χ4n) is 1.99. The first-order valence-electron chi connectivity index (χ1n) is 6.56. The predicted octanol–water partition coefficient (Wildman–Crippen LogP) is 0.351. The molecule has 0 bridgehead atoms. The van der Waals surface area contributed by atoms with Gasteiger partial charge < -0.3 is 10.1 Å². The summed E-state index contributed by atoms with van der Waals surface area (Å²) in [6, 6.07) is 0. The lowest BCUT2D eigenvalue weighted by Gasteiger charge is -2.34. The summed E-state index contributed by atoms with van der Waals surface area (Å²) in [6.45, 7) is 8.68. The van der Waals surface area contributed by atoms with E-state index in [-0.39, 0.29) is 24.6 Å². The van der Waals surface area contributed by atoms with Gasteiger partial charge in [-0.05, 0) is 26.8 Å². The number of hydrogen-bond acceptors (Lipinski definition) is 4. The first-order valence-corrected chi connectivity index (χ1v) is 8.00. The highest BCUT2D eigenvalue weighted by Crippen LogP contribution is 2.13. The monoisotopic (exact) mass is 315 g/mol. The quantitative estimate of drug-likeness (QED) is 0.665. The van der Waals surface area contributed by atoms with Crippen molar-refractivity contribution in [2.24, 2.45) is 0 Å². The third-order valence-electron chi connectivity index (χ3n) is 2.74. The highest BCUT2D eigenvalue weighted by molar-refractivity contribution is 7.87. The molecule has 1 heterocycles. The molecule has 8 heteroatoms. The van der Waals surface area contributed by atoms with E-state index >= 15 is 0 Å². The largest absolute Gasteiger partial charge is 0.373 e. The van der Waals surface area contributed by atoms with Crippen molar-refractivity contribution in [3.63, 3.8) is 0 Å². The third kappa shape index (κ3) is 6.87. The molecule has 1 aliphatic heterocycles. The van der Waals surface area contributed by atoms with E-state index in [0.29, 0.717) is 26.2 Å². The van der Waals surface area contributed by atoms with Crippen LogP contribution in [-0.2, 0) is 14.9 Å². The average molecular weight is 316 g/mol. The number of nitrogens with one attached hydrogen (secondary N) is 2. The molecular formula is C11H26ClN3O3S. The smallest absolute Gasteiger partial charge is 0.279 e. The fraction of sp³-hybridized carbons (Fsp3) is 1.00. The standard InChI is InChI=1S/C11H25N3O3S.ClH/c1-4-5-12-6-7-13-18(15,16)14-8-10(2)17-11(3)9-14;/h10-13H,4-9H2,1-3H3;1H. The molecule has 6 nitrogen and oxygen atoms in total. The second kappa shape index (κ2) is 9.10. The summed E-state index contributed by atoms with van der Waals surface area (Å²) in [6.07, 6.45) is 0.942. The van der Waals surface area contributed by atoms with Gasteiger partial charge >= 0.3 is 0 Å². The molecule has 0 aromatic carbocycles. The van der Waals surface area contributed by atoms with Gasteiger partial charge in [-0.1, -0.05) is 6.92 Å². The number of morpholine rings is 1. The van der Waals surface area contributed by atoms with E-state index < -0.39 is 10.2 Å². The molecule has 0 aromatic rings. The van der Waals surface area contributed by atoms with Crippen LogP contribution < -0.4 is 10.0 Å². The maximum atomic E-state index is 12.0. The van der Waals surface area contributed by atoms with E-state index in [4.69, 9.17) is 4.74 Å². The Balaban J connectivity index is 0.00000324.